The zero-order valence-corrected chi connectivity index (χ0v) is 7.86. The second-order valence-electron chi connectivity index (χ2n) is 3.35. The molecule has 1 heterocycles. The molecule has 0 unspecified atom stereocenters. The topological polar surface area (TPSA) is 55.8 Å². The summed E-state index contributed by atoms with van der Waals surface area (Å²) in [4.78, 5) is 10.4. The van der Waals surface area contributed by atoms with E-state index in [0.29, 0.717) is 19.1 Å². The number of carbonyl (C=O) groups is 1. The first-order valence-corrected chi connectivity index (χ1v) is 4.70. The fourth-order valence-corrected chi connectivity index (χ4v) is 1.35. The molecule has 0 aromatic rings. The van der Waals surface area contributed by atoms with Gasteiger partial charge in [0.25, 0.3) is 6.29 Å². The normalized spacial score (nSPS) is 28.7. The van der Waals surface area contributed by atoms with Crippen molar-refractivity contribution in [2.75, 3.05) is 13.2 Å². The van der Waals surface area contributed by atoms with Gasteiger partial charge in [0.05, 0.1) is 13.2 Å². The fourth-order valence-electron chi connectivity index (χ4n) is 1.35. The van der Waals surface area contributed by atoms with Crippen LogP contribution in [-0.4, -0.2) is 30.6 Å². The Labute approximate surface area is 77.8 Å². The van der Waals surface area contributed by atoms with E-state index in [1.165, 1.54) is 0 Å². The number of ether oxygens (including phenoxy) is 2. The van der Waals surface area contributed by atoms with Gasteiger partial charge in [0, 0.05) is 5.92 Å². The van der Waals surface area contributed by atoms with Gasteiger partial charge in [0.2, 0.25) is 0 Å². The average molecular weight is 188 g/mol. The lowest BCUT2D eigenvalue weighted by atomic mass is 10.0. The SMILES string of the molecule is CCCCC1COC(C(=O)O)OC1. The van der Waals surface area contributed by atoms with Gasteiger partial charge in [-0.3, -0.25) is 0 Å². The van der Waals surface area contributed by atoms with Gasteiger partial charge in [-0.2, -0.15) is 0 Å². The third kappa shape index (κ3) is 3.32. The van der Waals surface area contributed by atoms with E-state index in [2.05, 4.69) is 6.92 Å². The zero-order valence-electron chi connectivity index (χ0n) is 7.86. The highest BCUT2D eigenvalue weighted by molar-refractivity contribution is 5.70. The number of hydrogen-bond donors (Lipinski definition) is 1. The van der Waals surface area contributed by atoms with Crippen molar-refractivity contribution in [3.05, 3.63) is 0 Å². The molecule has 1 rings (SSSR count). The maximum absolute atomic E-state index is 10.4. The first kappa shape index (κ1) is 10.5. The van der Waals surface area contributed by atoms with E-state index < -0.39 is 12.3 Å². The molecule has 1 saturated heterocycles. The molecule has 1 aliphatic rings. The first-order chi connectivity index (χ1) is 6.24. The quantitative estimate of drug-likeness (QED) is 0.721. The van der Waals surface area contributed by atoms with Gasteiger partial charge >= 0.3 is 5.97 Å². The first-order valence-electron chi connectivity index (χ1n) is 4.70. The molecule has 1 aliphatic heterocycles. The molecular weight excluding hydrogens is 172 g/mol. The van der Waals surface area contributed by atoms with Crippen LogP contribution in [0, 0.1) is 5.92 Å². The molecule has 0 saturated carbocycles. The lowest BCUT2D eigenvalue weighted by Crippen LogP contribution is -2.37. The molecule has 0 amide bonds. The van der Waals surface area contributed by atoms with E-state index in [0.717, 1.165) is 19.3 Å². The predicted molar refractivity (Wildman–Crippen MR) is 46.3 cm³/mol. The van der Waals surface area contributed by atoms with Crippen LogP contribution in [0.15, 0.2) is 0 Å². The summed E-state index contributed by atoms with van der Waals surface area (Å²) in [7, 11) is 0. The molecule has 4 nitrogen and oxygen atoms in total. The predicted octanol–water partition coefficient (Wildman–Crippen LogP) is 1.25. The number of carboxylic acid groups (broad SMARTS) is 1. The van der Waals surface area contributed by atoms with Crippen LogP contribution >= 0.6 is 0 Å². The van der Waals surface area contributed by atoms with Crippen LogP contribution in [0.3, 0.4) is 0 Å². The Morgan fingerprint density at radius 2 is 2.08 bits per heavy atom. The second kappa shape index (κ2) is 5.19. The monoisotopic (exact) mass is 188 g/mol. The molecule has 76 valence electrons. The molecule has 4 heteroatoms. The smallest absolute Gasteiger partial charge is 0.361 e. The van der Waals surface area contributed by atoms with Crippen molar-refractivity contribution in [3.8, 4) is 0 Å². The number of aliphatic carboxylic acids is 1. The van der Waals surface area contributed by atoms with Gasteiger partial charge in [-0.05, 0) is 6.42 Å². The molecule has 0 aromatic heterocycles. The van der Waals surface area contributed by atoms with Crippen molar-refractivity contribution in [1.82, 2.24) is 0 Å². The summed E-state index contributed by atoms with van der Waals surface area (Å²) >= 11 is 0. The van der Waals surface area contributed by atoms with Crippen molar-refractivity contribution < 1.29 is 19.4 Å². The lowest BCUT2D eigenvalue weighted by Gasteiger charge is -2.26. The van der Waals surface area contributed by atoms with Gasteiger partial charge < -0.3 is 14.6 Å². The Morgan fingerprint density at radius 3 is 2.54 bits per heavy atom. The van der Waals surface area contributed by atoms with E-state index in [9.17, 15) is 4.79 Å². The number of carboxylic acids is 1. The van der Waals surface area contributed by atoms with Crippen molar-refractivity contribution in [2.24, 2.45) is 5.92 Å². The van der Waals surface area contributed by atoms with Crippen LogP contribution in [-0.2, 0) is 14.3 Å². The molecule has 1 fully saturated rings. The Kier molecular flexibility index (Phi) is 4.18. The van der Waals surface area contributed by atoms with Crippen LogP contribution in [0.1, 0.15) is 26.2 Å². The third-order valence-corrected chi connectivity index (χ3v) is 2.13. The minimum atomic E-state index is -1.04. The van der Waals surface area contributed by atoms with Crippen LogP contribution in [0.4, 0.5) is 0 Å². The molecule has 0 spiro atoms. The Morgan fingerprint density at radius 1 is 1.46 bits per heavy atom. The minimum Gasteiger partial charge on any atom is -0.477 e. The highest BCUT2D eigenvalue weighted by atomic mass is 16.7. The van der Waals surface area contributed by atoms with Gasteiger partial charge in [-0.25, -0.2) is 4.79 Å². The molecule has 0 aliphatic carbocycles. The molecule has 0 atom stereocenters. The van der Waals surface area contributed by atoms with Crippen molar-refractivity contribution in [3.63, 3.8) is 0 Å². The summed E-state index contributed by atoms with van der Waals surface area (Å²) in [5.74, 6) is -0.663. The molecule has 1 N–H and O–H groups in total. The van der Waals surface area contributed by atoms with E-state index in [4.69, 9.17) is 14.6 Å². The highest BCUT2D eigenvalue weighted by Gasteiger charge is 2.26. The summed E-state index contributed by atoms with van der Waals surface area (Å²) in [6.45, 7) is 3.15. The molecule has 13 heavy (non-hydrogen) atoms. The van der Waals surface area contributed by atoms with Crippen LogP contribution in [0.5, 0.6) is 0 Å². The number of rotatable bonds is 4. The van der Waals surface area contributed by atoms with Gasteiger partial charge in [-0.1, -0.05) is 19.8 Å². The zero-order chi connectivity index (χ0) is 9.68. The Hall–Kier alpha value is -0.610. The Bertz CT molecular complexity index is 161. The van der Waals surface area contributed by atoms with E-state index >= 15 is 0 Å². The summed E-state index contributed by atoms with van der Waals surface area (Å²) in [5, 5.41) is 8.55. The summed E-state index contributed by atoms with van der Waals surface area (Å²) < 4.78 is 10.1. The van der Waals surface area contributed by atoms with Gasteiger partial charge in [0.1, 0.15) is 0 Å². The highest BCUT2D eigenvalue weighted by Crippen LogP contribution is 2.16. The minimum absolute atomic E-state index is 0.371. The third-order valence-electron chi connectivity index (χ3n) is 2.13. The van der Waals surface area contributed by atoms with E-state index in [1.54, 1.807) is 0 Å². The van der Waals surface area contributed by atoms with Crippen LogP contribution in [0.2, 0.25) is 0 Å². The summed E-state index contributed by atoms with van der Waals surface area (Å²) in [5.41, 5.74) is 0. The van der Waals surface area contributed by atoms with Crippen LogP contribution in [0.25, 0.3) is 0 Å². The summed E-state index contributed by atoms with van der Waals surface area (Å²) in [6, 6.07) is 0. The van der Waals surface area contributed by atoms with E-state index in [-0.39, 0.29) is 0 Å². The lowest BCUT2D eigenvalue weighted by molar-refractivity contribution is -0.217. The largest absolute Gasteiger partial charge is 0.477 e. The maximum Gasteiger partial charge on any atom is 0.361 e. The second-order valence-corrected chi connectivity index (χ2v) is 3.35. The number of unbranched alkanes of at least 4 members (excludes halogenated alkanes) is 1. The maximum atomic E-state index is 10.4. The molecule has 0 radical (unpaired) electrons. The molecule has 0 bridgehead atoms. The van der Waals surface area contributed by atoms with Gasteiger partial charge in [-0.15, -0.1) is 0 Å². The van der Waals surface area contributed by atoms with Crippen molar-refractivity contribution in [2.45, 2.75) is 32.5 Å². The standard InChI is InChI=1S/C9H16O4/c1-2-3-4-7-5-12-9(8(10)11)13-6-7/h7,9H,2-6H2,1H3,(H,10,11). The number of hydrogen-bond acceptors (Lipinski definition) is 3. The van der Waals surface area contributed by atoms with E-state index in [1.807, 2.05) is 0 Å². The summed E-state index contributed by atoms with van der Waals surface area (Å²) in [6.07, 6.45) is 2.31. The van der Waals surface area contributed by atoms with Crippen molar-refractivity contribution >= 4 is 5.97 Å². The Balaban J connectivity index is 2.18. The van der Waals surface area contributed by atoms with Gasteiger partial charge in [0.15, 0.2) is 0 Å². The van der Waals surface area contributed by atoms with Crippen LogP contribution < -0.4 is 0 Å². The van der Waals surface area contributed by atoms with Crippen molar-refractivity contribution in [1.29, 1.82) is 0 Å². The molecular formula is C9H16O4. The molecule has 0 aromatic carbocycles. The average Bonchev–Trinajstić information content (AvgIpc) is 2.15. The fraction of sp³-hybridized carbons (Fsp3) is 0.889.